The van der Waals surface area contributed by atoms with Crippen molar-refractivity contribution in [1.29, 1.82) is 0 Å². The van der Waals surface area contributed by atoms with Gasteiger partial charge in [0.25, 0.3) is 5.91 Å². The molecule has 1 aromatic carbocycles. The van der Waals surface area contributed by atoms with Crippen LogP contribution in [0.15, 0.2) is 24.3 Å². The lowest BCUT2D eigenvalue weighted by atomic mass is 9.89. The van der Waals surface area contributed by atoms with Gasteiger partial charge < -0.3 is 16.0 Å². The molecule has 144 valence electrons. The molecule has 0 radical (unpaired) electrons. The highest BCUT2D eigenvalue weighted by Gasteiger charge is 2.34. The van der Waals surface area contributed by atoms with E-state index in [4.69, 9.17) is 0 Å². The van der Waals surface area contributed by atoms with Crippen LogP contribution in [0.5, 0.6) is 0 Å². The molecule has 6 heteroatoms. The van der Waals surface area contributed by atoms with Crippen LogP contribution >= 0.6 is 12.4 Å². The number of amides is 2. The molecule has 2 bridgehead atoms. The molecule has 2 heterocycles. The van der Waals surface area contributed by atoms with Crippen LogP contribution in [0.2, 0.25) is 0 Å². The van der Waals surface area contributed by atoms with Crippen LogP contribution in [0.4, 0.5) is 5.69 Å². The fourth-order valence-electron chi connectivity index (χ4n) is 3.97. The van der Waals surface area contributed by atoms with Crippen molar-refractivity contribution in [2.45, 2.75) is 70.5 Å². The molecule has 3 N–H and O–H groups in total. The maximum absolute atomic E-state index is 12.4. The first-order valence-corrected chi connectivity index (χ1v) is 9.27. The van der Waals surface area contributed by atoms with Crippen molar-refractivity contribution in [2.75, 3.05) is 5.32 Å². The zero-order chi connectivity index (χ0) is 18.0. The molecule has 2 atom stereocenters. The van der Waals surface area contributed by atoms with E-state index in [9.17, 15) is 9.59 Å². The largest absolute Gasteiger partial charge is 0.347 e. The minimum Gasteiger partial charge on any atom is -0.347 e. The van der Waals surface area contributed by atoms with Crippen LogP contribution in [0.25, 0.3) is 0 Å². The average molecular weight is 380 g/mol. The summed E-state index contributed by atoms with van der Waals surface area (Å²) >= 11 is 0. The molecule has 0 aliphatic carbocycles. The molecule has 0 saturated carbocycles. The summed E-state index contributed by atoms with van der Waals surface area (Å²) in [6.45, 7) is 5.84. The third-order valence-corrected chi connectivity index (χ3v) is 4.94. The second kappa shape index (κ2) is 8.40. The van der Waals surface area contributed by atoms with Gasteiger partial charge in [0.05, 0.1) is 0 Å². The van der Waals surface area contributed by atoms with E-state index in [1.54, 1.807) is 18.2 Å². The number of rotatable bonds is 4. The predicted molar refractivity (Wildman–Crippen MR) is 107 cm³/mol. The summed E-state index contributed by atoms with van der Waals surface area (Å²) < 4.78 is 0. The summed E-state index contributed by atoms with van der Waals surface area (Å²) in [5.41, 5.74) is 0.959. The number of fused-ring (bicyclic) bond motifs is 2. The smallest absolute Gasteiger partial charge is 0.251 e. The van der Waals surface area contributed by atoms with Crippen LogP contribution in [-0.4, -0.2) is 29.4 Å². The van der Waals surface area contributed by atoms with E-state index in [1.807, 2.05) is 26.8 Å². The van der Waals surface area contributed by atoms with E-state index in [-0.39, 0.29) is 29.8 Å². The molecule has 2 unspecified atom stereocenters. The van der Waals surface area contributed by atoms with Crippen LogP contribution in [-0.2, 0) is 4.79 Å². The molecule has 26 heavy (non-hydrogen) atoms. The minimum atomic E-state index is -0.287. The molecule has 3 rings (SSSR count). The quantitative estimate of drug-likeness (QED) is 0.749. The Morgan fingerprint density at radius 2 is 1.81 bits per heavy atom. The molecular formula is C20H30ClN3O2. The summed E-state index contributed by atoms with van der Waals surface area (Å²) in [7, 11) is 0. The normalized spacial score (nSPS) is 24.5. The molecule has 2 saturated heterocycles. The molecule has 2 fully saturated rings. The van der Waals surface area contributed by atoms with Gasteiger partial charge in [0.1, 0.15) is 0 Å². The van der Waals surface area contributed by atoms with E-state index in [1.165, 1.54) is 12.8 Å². The Hall–Kier alpha value is -1.59. The van der Waals surface area contributed by atoms with Crippen molar-refractivity contribution in [2.24, 2.45) is 5.92 Å². The summed E-state index contributed by atoms with van der Waals surface area (Å²) in [6.07, 6.45) is 5.24. The fourth-order valence-corrected chi connectivity index (χ4v) is 3.97. The summed E-state index contributed by atoms with van der Waals surface area (Å²) in [6, 6.07) is 8.34. The lowest BCUT2D eigenvalue weighted by Crippen LogP contribution is -2.40. The van der Waals surface area contributed by atoms with Crippen molar-refractivity contribution in [1.82, 2.24) is 10.6 Å². The van der Waals surface area contributed by atoms with E-state index in [2.05, 4.69) is 16.0 Å². The van der Waals surface area contributed by atoms with Gasteiger partial charge in [-0.2, -0.15) is 0 Å². The molecule has 0 spiro atoms. The van der Waals surface area contributed by atoms with Gasteiger partial charge in [-0.15, -0.1) is 12.4 Å². The van der Waals surface area contributed by atoms with E-state index >= 15 is 0 Å². The number of benzene rings is 1. The predicted octanol–water partition coefficient (Wildman–Crippen LogP) is 3.50. The first-order chi connectivity index (χ1) is 11.8. The second-order valence-electron chi connectivity index (χ2n) is 8.51. The second-order valence-corrected chi connectivity index (χ2v) is 8.51. The van der Waals surface area contributed by atoms with Crippen molar-refractivity contribution in [3.05, 3.63) is 29.8 Å². The van der Waals surface area contributed by atoms with Crippen molar-refractivity contribution in [3.8, 4) is 0 Å². The lowest BCUT2D eigenvalue weighted by molar-refractivity contribution is -0.117. The maximum atomic E-state index is 12.4. The van der Waals surface area contributed by atoms with E-state index in [0.717, 1.165) is 12.8 Å². The van der Waals surface area contributed by atoms with E-state index in [0.29, 0.717) is 35.7 Å². The number of piperidine rings is 1. The fraction of sp³-hybridized carbons (Fsp3) is 0.600. The lowest BCUT2D eigenvalue weighted by Gasteiger charge is -2.28. The highest BCUT2D eigenvalue weighted by atomic mass is 35.5. The van der Waals surface area contributed by atoms with Gasteiger partial charge in [0.2, 0.25) is 5.91 Å². The van der Waals surface area contributed by atoms with Crippen LogP contribution in [0.1, 0.15) is 63.2 Å². The highest BCUT2D eigenvalue weighted by Crippen LogP contribution is 2.32. The zero-order valence-electron chi connectivity index (χ0n) is 15.8. The van der Waals surface area contributed by atoms with Gasteiger partial charge in [0, 0.05) is 35.3 Å². The number of nitrogens with one attached hydrogen (secondary N) is 3. The molecular weight excluding hydrogens is 350 g/mol. The van der Waals surface area contributed by atoms with Gasteiger partial charge in [-0.1, -0.05) is 6.07 Å². The van der Waals surface area contributed by atoms with Crippen LogP contribution < -0.4 is 16.0 Å². The Balaban J connectivity index is 0.00000243. The number of hydrogen-bond donors (Lipinski definition) is 3. The third kappa shape index (κ3) is 5.71. The average Bonchev–Trinajstić information content (AvgIpc) is 2.84. The minimum absolute atomic E-state index is 0. The first-order valence-electron chi connectivity index (χ1n) is 9.27. The van der Waals surface area contributed by atoms with Gasteiger partial charge in [-0.25, -0.2) is 0 Å². The number of hydrogen-bond acceptors (Lipinski definition) is 3. The topological polar surface area (TPSA) is 70.2 Å². The van der Waals surface area contributed by atoms with Crippen molar-refractivity contribution >= 4 is 29.9 Å². The number of halogens is 1. The van der Waals surface area contributed by atoms with Crippen LogP contribution in [0.3, 0.4) is 0 Å². The van der Waals surface area contributed by atoms with Crippen molar-refractivity contribution < 1.29 is 9.59 Å². The van der Waals surface area contributed by atoms with Gasteiger partial charge in [-0.3, -0.25) is 9.59 Å². The highest BCUT2D eigenvalue weighted by molar-refractivity contribution is 5.97. The molecule has 2 aliphatic heterocycles. The molecule has 1 aromatic rings. The van der Waals surface area contributed by atoms with Gasteiger partial charge in [-0.05, 0) is 70.6 Å². The van der Waals surface area contributed by atoms with Gasteiger partial charge >= 0.3 is 0 Å². The molecule has 2 amide bonds. The SMILES string of the molecule is CC(C)(C)NC(=O)c1cccc(NC(=O)CC2CC3CCC(C2)N3)c1.Cl. The Kier molecular flexibility index (Phi) is 6.69. The Morgan fingerprint density at radius 1 is 1.15 bits per heavy atom. The summed E-state index contributed by atoms with van der Waals surface area (Å²) in [5.74, 6) is 0.379. The van der Waals surface area contributed by atoms with E-state index < -0.39 is 0 Å². The molecule has 5 nitrogen and oxygen atoms in total. The third-order valence-electron chi connectivity index (χ3n) is 4.94. The Labute approximate surface area is 162 Å². The van der Waals surface area contributed by atoms with Gasteiger partial charge in [0.15, 0.2) is 0 Å². The Bertz CT molecular complexity index is 645. The standard InChI is InChI=1S/C20H29N3O2.ClH/c1-20(2,3)23-19(25)14-5-4-6-15(12-14)22-18(24)11-13-9-16-7-8-17(10-13)21-16;/h4-6,12-13,16-17,21H,7-11H2,1-3H3,(H,22,24)(H,23,25);1H. The zero-order valence-corrected chi connectivity index (χ0v) is 16.6. The molecule has 2 aliphatic rings. The first kappa shape index (κ1) is 20.7. The number of anilines is 1. The number of carbonyl (C=O) groups is 2. The van der Waals surface area contributed by atoms with Crippen molar-refractivity contribution in [3.63, 3.8) is 0 Å². The number of carbonyl (C=O) groups excluding carboxylic acids is 2. The van der Waals surface area contributed by atoms with Crippen LogP contribution in [0, 0.1) is 5.92 Å². The molecule has 0 aromatic heterocycles. The Morgan fingerprint density at radius 3 is 2.42 bits per heavy atom. The monoisotopic (exact) mass is 379 g/mol. The summed E-state index contributed by atoms with van der Waals surface area (Å²) in [5, 5.41) is 9.50. The maximum Gasteiger partial charge on any atom is 0.251 e. The summed E-state index contributed by atoms with van der Waals surface area (Å²) in [4.78, 5) is 24.7.